The van der Waals surface area contributed by atoms with Crippen molar-refractivity contribution >= 4 is 16.6 Å². The average molecular weight is 630 g/mol. The summed E-state index contributed by atoms with van der Waals surface area (Å²) < 4.78 is 8.42. The lowest BCUT2D eigenvalue weighted by Crippen LogP contribution is -2.43. The van der Waals surface area contributed by atoms with Gasteiger partial charge in [-0.1, -0.05) is 97.1 Å². The van der Waals surface area contributed by atoms with Gasteiger partial charge in [-0.25, -0.2) is 4.98 Å². The molecule has 1 saturated heterocycles. The summed E-state index contributed by atoms with van der Waals surface area (Å²) in [6, 6.07) is 36.3. The van der Waals surface area contributed by atoms with E-state index in [2.05, 4.69) is 137 Å². The lowest BCUT2D eigenvalue weighted by atomic mass is 9.70. The molecular weight excluding hydrogens is 590 g/mol. The van der Waals surface area contributed by atoms with Crippen molar-refractivity contribution < 1.29 is 4.74 Å². The molecule has 6 aromatic rings. The summed E-state index contributed by atoms with van der Waals surface area (Å²) in [7, 11) is 0. The van der Waals surface area contributed by atoms with Gasteiger partial charge >= 0.3 is 0 Å². The van der Waals surface area contributed by atoms with Crippen molar-refractivity contribution in [3.05, 3.63) is 163 Å². The SMILES string of the molecule is Cc1nn(C(c2ccccc2)(c2ccccc2)C2C=CC=CC2)cc1-c1ccc2nccc(N3CCC(Oc4ccccn4)CC3)c2c1. The quantitative estimate of drug-likeness (QED) is 0.169. The van der Waals surface area contributed by atoms with Crippen LogP contribution in [0, 0.1) is 12.8 Å². The van der Waals surface area contributed by atoms with Gasteiger partial charge in [-0.05, 0) is 54.3 Å². The molecular formula is C42H39N5O. The zero-order valence-corrected chi connectivity index (χ0v) is 27.2. The highest BCUT2D eigenvalue weighted by Crippen LogP contribution is 2.45. The molecule has 1 aliphatic carbocycles. The molecule has 6 heteroatoms. The van der Waals surface area contributed by atoms with Gasteiger partial charge in [-0.3, -0.25) is 9.67 Å². The Bertz CT molecular complexity index is 2020. The second-order valence-corrected chi connectivity index (χ2v) is 12.8. The van der Waals surface area contributed by atoms with E-state index in [-0.39, 0.29) is 12.0 Å². The topological polar surface area (TPSA) is 56.1 Å². The summed E-state index contributed by atoms with van der Waals surface area (Å²) in [6.07, 6.45) is 17.9. The average Bonchev–Trinajstić information content (AvgIpc) is 3.55. The third-order valence-corrected chi connectivity index (χ3v) is 9.94. The first-order valence-corrected chi connectivity index (χ1v) is 16.9. The van der Waals surface area contributed by atoms with E-state index in [4.69, 9.17) is 14.8 Å². The number of aryl methyl sites for hydroxylation is 1. The van der Waals surface area contributed by atoms with Crippen LogP contribution in [-0.2, 0) is 5.54 Å². The van der Waals surface area contributed by atoms with E-state index in [0.717, 1.165) is 60.1 Å². The van der Waals surface area contributed by atoms with Crippen molar-refractivity contribution in [2.45, 2.75) is 37.8 Å². The van der Waals surface area contributed by atoms with Gasteiger partial charge in [0, 0.05) is 73.1 Å². The number of pyridine rings is 2. The minimum absolute atomic E-state index is 0.164. The molecule has 238 valence electrons. The number of hydrogen-bond acceptors (Lipinski definition) is 5. The highest BCUT2D eigenvalue weighted by Gasteiger charge is 2.44. The summed E-state index contributed by atoms with van der Waals surface area (Å²) in [5.74, 6) is 0.877. The molecule has 0 N–H and O–H groups in total. The number of rotatable bonds is 8. The second kappa shape index (κ2) is 13.0. The maximum Gasteiger partial charge on any atom is 0.213 e. The fourth-order valence-electron chi connectivity index (χ4n) is 7.61. The number of nitrogens with zero attached hydrogens (tertiary/aromatic N) is 5. The molecule has 1 unspecified atom stereocenters. The summed E-state index contributed by atoms with van der Waals surface area (Å²) in [5.41, 5.74) is 7.38. The van der Waals surface area contributed by atoms with E-state index in [1.54, 1.807) is 6.20 Å². The van der Waals surface area contributed by atoms with Crippen LogP contribution in [0.15, 0.2) is 146 Å². The van der Waals surface area contributed by atoms with Crippen molar-refractivity contribution in [1.29, 1.82) is 0 Å². The third-order valence-electron chi connectivity index (χ3n) is 9.94. The molecule has 1 fully saturated rings. The first-order valence-electron chi connectivity index (χ1n) is 16.9. The predicted molar refractivity (Wildman–Crippen MR) is 193 cm³/mol. The summed E-state index contributed by atoms with van der Waals surface area (Å²) >= 11 is 0. The lowest BCUT2D eigenvalue weighted by molar-refractivity contribution is 0.164. The number of anilines is 1. The largest absolute Gasteiger partial charge is 0.474 e. The number of allylic oxidation sites excluding steroid dienone is 4. The van der Waals surface area contributed by atoms with Gasteiger partial charge in [-0.15, -0.1) is 0 Å². The number of aromatic nitrogens is 4. The van der Waals surface area contributed by atoms with Crippen molar-refractivity contribution in [2.24, 2.45) is 5.92 Å². The first-order chi connectivity index (χ1) is 23.7. The smallest absolute Gasteiger partial charge is 0.213 e. The molecule has 1 aliphatic heterocycles. The van der Waals surface area contributed by atoms with Crippen LogP contribution in [0.5, 0.6) is 5.88 Å². The van der Waals surface area contributed by atoms with Crippen molar-refractivity contribution in [1.82, 2.24) is 19.7 Å². The van der Waals surface area contributed by atoms with E-state index in [1.807, 2.05) is 24.4 Å². The van der Waals surface area contributed by atoms with Gasteiger partial charge in [-0.2, -0.15) is 5.10 Å². The van der Waals surface area contributed by atoms with Crippen LogP contribution in [0.2, 0.25) is 0 Å². The number of ether oxygens (including phenoxy) is 1. The molecule has 3 aromatic carbocycles. The molecule has 0 bridgehead atoms. The zero-order valence-electron chi connectivity index (χ0n) is 27.2. The highest BCUT2D eigenvalue weighted by molar-refractivity contribution is 5.95. The standard InChI is InChI=1S/C42H39N5O/c1-31-38(30-47(45-31)42(33-13-5-2-6-14-33,34-15-7-3-8-16-34)35-17-9-4-10-18-35)32-20-21-39-37(29-32)40(22-26-43-39)46-27-23-36(24-28-46)48-41-19-11-12-25-44-41/h2-17,19-22,25-26,29-30,35-36H,18,23-24,27-28H2,1H3. The lowest BCUT2D eigenvalue weighted by Gasteiger charge is -2.41. The van der Waals surface area contributed by atoms with Crippen LogP contribution in [0.1, 0.15) is 36.1 Å². The van der Waals surface area contributed by atoms with Gasteiger partial charge in [0.05, 0.1) is 11.2 Å². The van der Waals surface area contributed by atoms with Gasteiger partial charge in [0.25, 0.3) is 0 Å². The number of piperidine rings is 1. The molecule has 4 heterocycles. The molecule has 8 rings (SSSR count). The fraction of sp³-hybridized carbons (Fsp3) is 0.214. The van der Waals surface area contributed by atoms with Gasteiger partial charge in [0.2, 0.25) is 5.88 Å². The summed E-state index contributed by atoms with van der Waals surface area (Å²) in [6.45, 7) is 3.96. The molecule has 6 nitrogen and oxygen atoms in total. The molecule has 48 heavy (non-hydrogen) atoms. The van der Waals surface area contributed by atoms with Crippen LogP contribution >= 0.6 is 0 Å². The highest BCUT2D eigenvalue weighted by atomic mass is 16.5. The molecule has 2 aliphatic rings. The van der Waals surface area contributed by atoms with Gasteiger partial charge in [0.1, 0.15) is 11.6 Å². The van der Waals surface area contributed by atoms with Crippen LogP contribution in [0.25, 0.3) is 22.0 Å². The van der Waals surface area contributed by atoms with Crippen LogP contribution in [0.3, 0.4) is 0 Å². The Balaban J connectivity index is 1.17. The minimum atomic E-state index is -0.530. The molecule has 0 amide bonds. The minimum Gasteiger partial charge on any atom is -0.474 e. The number of fused-ring (bicyclic) bond motifs is 1. The zero-order chi connectivity index (χ0) is 32.3. The normalized spacial score (nSPS) is 16.8. The molecule has 0 saturated carbocycles. The maximum absolute atomic E-state index is 6.19. The van der Waals surface area contributed by atoms with Gasteiger partial charge in [0.15, 0.2) is 0 Å². The Morgan fingerprint density at radius 1 is 0.771 bits per heavy atom. The molecule has 0 radical (unpaired) electrons. The van der Waals surface area contributed by atoms with Crippen LogP contribution in [0.4, 0.5) is 5.69 Å². The first kappa shape index (κ1) is 29.9. The predicted octanol–water partition coefficient (Wildman–Crippen LogP) is 8.77. The Labute approximate surface area is 282 Å². The molecule has 0 spiro atoms. The van der Waals surface area contributed by atoms with Crippen molar-refractivity contribution in [3.8, 4) is 17.0 Å². The summed E-state index contributed by atoms with van der Waals surface area (Å²) in [4.78, 5) is 11.6. The Morgan fingerprint density at radius 2 is 1.52 bits per heavy atom. The number of benzene rings is 3. The van der Waals surface area contributed by atoms with Crippen molar-refractivity contribution in [3.63, 3.8) is 0 Å². The van der Waals surface area contributed by atoms with Crippen molar-refractivity contribution in [2.75, 3.05) is 18.0 Å². The summed E-state index contributed by atoms with van der Waals surface area (Å²) in [5, 5.41) is 6.49. The Hall–Kier alpha value is -5.49. The molecule has 3 aromatic heterocycles. The van der Waals surface area contributed by atoms with Crippen LogP contribution < -0.4 is 9.64 Å². The fourth-order valence-corrected chi connectivity index (χ4v) is 7.61. The van der Waals surface area contributed by atoms with E-state index in [1.165, 1.54) is 16.8 Å². The Morgan fingerprint density at radius 3 is 2.21 bits per heavy atom. The maximum atomic E-state index is 6.19. The monoisotopic (exact) mass is 629 g/mol. The number of hydrogen-bond donors (Lipinski definition) is 0. The van der Waals surface area contributed by atoms with Crippen LogP contribution in [-0.4, -0.2) is 38.9 Å². The third kappa shape index (κ3) is 5.47. The molecule has 1 atom stereocenters. The van der Waals surface area contributed by atoms with E-state index >= 15 is 0 Å². The second-order valence-electron chi connectivity index (χ2n) is 12.8. The van der Waals surface area contributed by atoms with E-state index in [0.29, 0.717) is 5.88 Å². The van der Waals surface area contributed by atoms with Gasteiger partial charge < -0.3 is 9.64 Å². The van der Waals surface area contributed by atoms with E-state index in [9.17, 15) is 0 Å². The Kier molecular flexibility index (Phi) is 8.07. The van der Waals surface area contributed by atoms with E-state index < -0.39 is 5.54 Å².